The molecule has 1 aliphatic carbocycles. The van der Waals surface area contributed by atoms with Gasteiger partial charge in [0.1, 0.15) is 0 Å². The van der Waals surface area contributed by atoms with Gasteiger partial charge in [0.15, 0.2) is 0 Å². The van der Waals surface area contributed by atoms with Gasteiger partial charge in [0.05, 0.1) is 17.7 Å². The number of aliphatic hydroxyl groups is 1. The van der Waals surface area contributed by atoms with E-state index in [1.807, 2.05) is 12.1 Å². The summed E-state index contributed by atoms with van der Waals surface area (Å²) in [7, 11) is 0. The molecule has 0 aromatic heterocycles. The summed E-state index contributed by atoms with van der Waals surface area (Å²) in [5, 5.41) is 19.0. The smallest absolute Gasteiger partial charge is 0.0995 e. The standard InChI is InChI=1S/C12H14N2O/c13-7-9-5-1-3-8-4-2-6-10(14)12(15)11(8)9/h1,3,5,10,12,15H,2,4,6,14H2/t10-,12-/m0/s1. The van der Waals surface area contributed by atoms with E-state index in [0.717, 1.165) is 30.4 Å². The molecule has 0 unspecified atom stereocenters. The van der Waals surface area contributed by atoms with E-state index in [1.54, 1.807) is 6.07 Å². The Bertz CT molecular complexity index is 409. The zero-order chi connectivity index (χ0) is 10.8. The maximum Gasteiger partial charge on any atom is 0.0995 e. The number of aryl methyl sites for hydroxylation is 1. The zero-order valence-corrected chi connectivity index (χ0v) is 8.48. The van der Waals surface area contributed by atoms with Crippen LogP contribution in [0.3, 0.4) is 0 Å². The molecule has 0 fully saturated rings. The van der Waals surface area contributed by atoms with Crippen molar-refractivity contribution in [1.82, 2.24) is 0 Å². The largest absolute Gasteiger partial charge is 0.387 e. The average Bonchev–Trinajstić information content (AvgIpc) is 2.40. The molecular formula is C12H14N2O. The van der Waals surface area contributed by atoms with Gasteiger partial charge in [-0.2, -0.15) is 5.26 Å². The zero-order valence-electron chi connectivity index (χ0n) is 8.48. The van der Waals surface area contributed by atoms with Crippen molar-refractivity contribution in [1.29, 1.82) is 5.26 Å². The number of rotatable bonds is 0. The van der Waals surface area contributed by atoms with E-state index < -0.39 is 6.10 Å². The number of benzene rings is 1. The first-order valence-electron chi connectivity index (χ1n) is 5.19. The lowest BCUT2D eigenvalue weighted by Gasteiger charge is -2.18. The topological polar surface area (TPSA) is 70.0 Å². The van der Waals surface area contributed by atoms with Crippen LogP contribution in [0.4, 0.5) is 0 Å². The normalized spacial score (nSPS) is 25.1. The van der Waals surface area contributed by atoms with E-state index in [-0.39, 0.29) is 6.04 Å². The minimum absolute atomic E-state index is 0.249. The summed E-state index contributed by atoms with van der Waals surface area (Å²) in [6, 6.07) is 7.44. The molecule has 15 heavy (non-hydrogen) atoms. The minimum atomic E-state index is -0.696. The second-order valence-electron chi connectivity index (χ2n) is 3.99. The van der Waals surface area contributed by atoms with Crippen molar-refractivity contribution in [2.75, 3.05) is 0 Å². The third-order valence-electron chi connectivity index (χ3n) is 3.00. The van der Waals surface area contributed by atoms with Crippen molar-refractivity contribution in [3.05, 3.63) is 34.9 Å². The third-order valence-corrected chi connectivity index (χ3v) is 3.00. The second-order valence-corrected chi connectivity index (χ2v) is 3.99. The van der Waals surface area contributed by atoms with Crippen molar-refractivity contribution in [3.63, 3.8) is 0 Å². The maximum absolute atomic E-state index is 10.0. The van der Waals surface area contributed by atoms with Gasteiger partial charge < -0.3 is 10.8 Å². The molecular weight excluding hydrogens is 188 g/mol. The van der Waals surface area contributed by atoms with E-state index in [9.17, 15) is 5.11 Å². The monoisotopic (exact) mass is 202 g/mol. The number of hydrogen-bond acceptors (Lipinski definition) is 3. The van der Waals surface area contributed by atoms with E-state index >= 15 is 0 Å². The molecule has 3 N–H and O–H groups in total. The van der Waals surface area contributed by atoms with Crippen LogP contribution in [0.1, 0.15) is 35.6 Å². The Morgan fingerprint density at radius 3 is 3.00 bits per heavy atom. The van der Waals surface area contributed by atoms with Gasteiger partial charge in [0, 0.05) is 11.6 Å². The van der Waals surface area contributed by atoms with Crippen molar-refractivity contribution >= 4 is 0 Å². The molecule has 2 rings (SSSR count). The quantitative estimate of drug-likeness (QED) is 0.622. The molecule has 0 aliphatic heterocycles. The fraction of sp³-hybridized carbons (Fsp3) is 0.417. The van der Waals surface area contributed by atoms with Gasteiger partial charge in [-0.3, -0.25) is 0 Å². The van der Waals surface area contributed by atoms with Crippen LogP contribution in [0, 0.1) is 11.3 Å². The summed E-state index contributed by atoms with van der Waals surface area (Å²) in [6.45, 7) is 0. The van der Waals surface area contributed by atoms with Gasteiger partial charge in [-0.25, -0.2) is 0 Å². The molecule has 78 valence electrons. The highest BCUT2D eigenvalue weighted by molar-refractivity contribution is 5.45. The van der Waals surface area contributed by atoms with Gasteiger partial charge in [-0.05, 0) is 30.9 Å². The first-order chi connectivity index (χ1) is 7.24. The van der Waals surface area contributed by atoms with Crippen LogP contribution >= 0.6 is 0 Å². The molecule has 0 saturated heterocycles. The van der Waals surface area contributed by atoms with Crippen molar-refractivity contribution in [3.8, 4) is 6.07 Å². The molecule has 1 aromatic carbocycles. The number of hydrogen-bond donors (Lipinski definition) is 2. The second kappa shape index (κ2) is 4.01. The Labute approximate surface area is 89.1 Å². The van der Waals surface area contributed by atoms with E-state index in [1.165, 1.54) is 0 Å². The lowest BCUT2D eigenvalue weighted by atomic mass is 9.94. The van der Waals surface area contributed by atoms with Crippen LogP contribution in [0.25, 0.3) is 0 Å². The summed E-state index contributed by atoms with van der Waals surface area (Å²) < 4.78 is 0. The van der Waals surface area contributed by atoms with Gasteiger partial charge in [0.2, 0.25) is 0 Å². The van der Waals surface area contributed by atoms with E-state index in [4.69, 9.17) is 11.0 Å². The van der Waals surface area contributed by atoms with Crippen LogP contribution in [0.2, 0.25) is 0 Å². The Balaban J connectivity index is 2.55. The van der Waals surface area contributed by atoms with E-state index in [2.05, 4.69) is 6.07 Å². The molecule has 0 heterocycles. The van der Waals surface area contributed by atoms with Crippen LogP contribution < -0.4 is 5.73 Å². The molecule has 1 aromatic rings. The summed E-state index contributed by atoms with van der Waals surface area (Å²) >= 11 is 0. The Hall–Kier alpha value is -1.37. The number of fused-ring (bicyclic) bond motifs is 1. The molecule has 0 spiro atoms. The van der Waals surface area contributed by atoms with Crippen molar-refractivity contribution in [2.45, 2.75) is 31.4 Å². The molecule has 0 saturated carbocycles. The van der Waals surface area contributed by atoms with Gasteiger partial charge in [-0.15, -0.1) is 0 Å². The van der Waals surface area contributed by atoms with Crippen LogP contribution in [-0.4, -0.2) is 11.1 Å². The van der Waals surface area contributed by atoms with Crippen molar-refractivity contribution < 1.29 is 5.11 Å². The van der Waals surface area contributed by atoms with E-state index in [0.29, 0.717) is 5.56 Å². The summed E-state index contributed by atoms with van der Waals surface area (Å²) in [5.41, 5.74) is 8.22. The highest BCUT2D eigenvalue weighted by atomic mass is 16.3. The summed E-state index contributed by atoms with van der Waals surface area (Å²) in [5.74, 6) is 0. The average molecular weight is 202 g/mol. The predicted molar refractivity (Wildman–Crippen MR) is 57.0 cm³/mol. The molecule has 0 amide bonds. The molecule has 2 atom stereocenters. The molecule has 1 aliphatic rings. The minimum Gasteiger partial charge on any atom is -0.387 e. The first kappa shape index (κ1) is 10.2. The fourth-order valence-electron chi connectivity index (χ4n) is 2.18. The number of nitrogens with two attached hydrogens (primary N) is 1. The van der Waals surface area contributed by atoms with Crippen LogP contribution in [0.5, 0.6) is 0 Å². The Morgan fingerprint density at radius 2 is 2.27 bits per heavy atom. The highest BCUT2D eigenvalue weighted by Crippen LogP contribution is 2.30. The van der Waals surface area contributed by atoms with Crippen LogP contribution in [0.15, 0.2) is 18.2 Å². The molecule has 0 bridgehead atoms. The number of nitrogens with zero attached hydrogens (tertiary/aromatic N) is 1. The van der Waals surface area contributed by atoms with Crippen LogP contribution in [-0.2, 0) is 6.42 Å². The van der Waals surface area contributed by atoms with Crippen molar-refractivity contribution in [2.24, 2.45) is 5.73 Å². The molecule has 3 nitrogen and oxygen atoms in total. The fourth-order valence-corrected chi connectivity index (χ4v) is 2.18. The summed E-state index contributed by atoms with van der Waals surface area (Å²) in [4.78, 5) is 0. The lowest BCUT2D eigenvalue weighted by Crippen LogP contribution is -2.27. The predicted octanol–water partition coefficient (Wildman–Crippen LogP) is 1.26. The Kier molecular flexibility index (Phi) is 2.72. The number of aliphatic hydroxyl groups excluding tert-OH is 1. The highest BCUT2D eigenvalue weighted by Gasteiger charge is 2.25. The van der Waals surface area contributed by atoms with Gasteiger partial charge >= 0.3 is 0 Å². The molecule has 3 heteroatoms. The lowest BCUT2D eigenvalue weighted by molar-refractivity contribution is 0.144. The SMILES string of the molecule is N#Cc1cccc2c1[C@@H](O)[C@@H](N)CCC2. The Morgan fingerprint density at radius 1 is 1.47 bits per heavy atom. The van der Waals surface area contributed by atoms with Gasteiger partial charge in [-0.1, -0.05) is 12.1 Å². The first-order valence-corrected chi connectivity index (χ1v) is 5.19. The molecule has 0 radical (unpaired) electrons. The van der Waals surface area contributed by atoms with Gasteiger partial charge in [0.25, 0.3) is 0 Å². The third kappa shape index (κ3) is 1.74. The maximum atomic E-state index is 10.0. The summed E-state index contributed by atoms with van der Waals surface area (Å²) in [6.07, 6.45) is 1.98. The number of nitriles is 1.